The summed E-state index contributed by atoms with van der Waals surface area (Å²) < 4.78 is 16.0. The van der Waals surface area contributed by atoms with Gasteiger partial charge in [-0.2, -0.15) is 5.10 Å². The van der Waals surface area contributed by atoms with Crippen molar-refractivity contribution >= 4 is 15.9 Å². The van der Waals surface area contributed by atoms with E-state index in [9.17, 15) is 4.39 Å². The van der Waals surface area contributed by atoms with Crippen LogP contribution in [0.2, 0.25) is 0 Å². The number of hydrogen-bond acceptors (Lipinski definition) is 2. The van der Waals surface area contributed by atoms with E-state index in [1.807, 2.05) is 30.9 Å². The van der Waals surface area contributed by atoms with Gasteiger partial charge in [0.25, 0.3) is 0 Å². The summed E-state index contributed by atoms with van der Waals surface area (Å²) in [6.07, 6.45) is 1.70. The van der Waals surface area contributed by atoms with Crippen molar-refractivity contribution < 1.29 is 4.39 Å². The molecular weight excluding hydrogens is 321 g/mol. The van der Waals surface area contributed by atoms with Gasteiger partial charge in [0.1, 0.15) is 5.82 Å². The number of aryl methyl sites for hydroxylation is 2. The lowest BCUT2D eigenvalue weighted by atomic mass is 10.0. The molecule has 0 saturated heterocycles. The van der Waals surface area contributed by atoms with Gasteiger partial charge in [0.05, 0.1) is 15.9 Å². The average molecular weight is 340 g/mol. The second kappa shape index (κ2) is 6.50. The second-order valence-electron chi connectivity index (χ2n) is 4.78. The van der Waals surface area contributed by atoms with Crippen molar-refractivity contribution in [1.82, 2.24) is 15.1 Å². The minimum atomic E-state index is -0.210. The highest BCUT2D eigenvalue weighted by Crippen LogP contribution is 2.26. The van der Waals surface area contributed by atoms with Crippen molar-refractivity contribution in [2.45, 2.75) is 25.8 Å². The van der Waals surface area contributed by atoms with Crippen LogP contribution in [0.4, 0.5) is 4.39 Å². The molecule has 0 amide bonds. The highest BCUT2D eigenvalue weighted by atomic mass is 79.9. The quantitative estimate of drug-likeness (QED) is 0.904. The lowest BCUT2D eigenvalue weighted by Gasteiger charge is -2.17. The lowest BCUT2D eigenvalue weighted by molar-refractivity contribution is 0.557. The predicted molar refractivity (Wildman–Crippen MR) is 82.2 cm³/mol. The maximum Gasteiger partial charge on any atom is 0.123 e. The molecule has 1 N–H and O–H groups in total. The van der Waals surface area contributed by atoms with E-state index in [4.69, 9.17) is 0 Å². The molecule has 2 aromatic rings. The van der Waals surface area contributed by atoms with Gasteiger partial charge in [-0.15, -0.1) is 0 Å². The standard InChI is InChI=1S/C15H19BrFN3/c1-4-12-15(16)14(20(3)19-12)9-13(18-2)10-5-7-11(17)8-6-10/h5-8,13,18H,4,9H2,1-3H3. The first-order valence-electron chi connectivity index (χ1n) is 6.69. The first-order chi connectivity index (χ1) is 9.56. The Morgan fingerprint density at radius 1 is 1.35 bits per heavy atom. The Labute approximate surface area is 127 Å². The van der Waals surface area contributed by atoms with Gasteiger partial charge < -0.3 is 5.32 Å². The highest BCUT2D eigenvalue weighted by molar-refractivity contribution is 9.10. The summed E-state index contributed by atoms with van der Waals surface area (Å²) in [5.41, 5.74) is 3.28. The number of rotatable bonds is 5. The van der Waals surface area contributed by atoms with Crippen molar-refractivity contribution in [3.63, 3.8) is 0 Å². The summed E-state index contributed by atoms with van der Waals surface area (Å²) >= 11 is 3.63. The molecule has 0 aliphatic rings. The van der Waals surface area contributed by atoms with Gasteiger partial charge in [-0.05, 0) is 47.1 Å². The lowest BCUT2D eigenvalue weighted by Crippen LogP contribution is -2.20. The summed E-state index contributed by atoms with van der Waals surface area (Å²) in [6, 6.07) is 6.76. The van der Waals surface area contributed by atoms with Crippen LogP contribution in [0.15, 0.2) is 28.7 Å². The predicted octanol–water partition coefficient (Wildman–Crippen LogP) is 3.39. The molecule has 20 heavy (non-hydrogen) atoms. The van der Waals surface area contributed by atoms with E-state index in [0.717, 1.165) is 34.3 Å². The molecule has 1 unspecified atom stereocenters. The zero-order valence-electron chi connectivity index (χ0n) is 12.0. The average Bonchev–Trinajstić information content (AvgIpc) is 2.72. The fourth-order valence-corrected chi connectivity index (χ4v) is 3.09. The van der Waals surface area contributed by atoms with E-state index in [1.165, 1.54) is 12.1 Å². The Morgan fingerprint density at radius 3 is 2.50 bits per heavy atom. The van der Waals surface area contributed by atoms with Gasteiger partial charge in [-0.3, -0.25) is 4.68 Å². The molecule has 0 bridgehead atoms. The largest absolute Gasteiger partial charge is 0.313 e. The van der Waals surface area contributed by atoms with Crippen LogP contribution in [-0.4, -0.2) is 16.8 Å². The summed E-state index contributed by atoms with van der Waals surface area (Å²) in [5, 5.41) is 7.79. The Morgan fingerprint density at radius 2 is 2.00 bits per heavy atom. The molecule has 0 aliphatic heterocycles. The minimum absolute atomic E-state index is 0.131. The van der Waals surface area contributed by atoms with Crippen molar-refractivity contribution in [1.29, 1.82) is 0 Å². The van der Waals surface area contributed by atoms with Crippen LogP contribution < -0.4 is 5.32 Å². The zero-order valence-corrected chi connectivity index (χ0v) is 13.5. The topological polar surface area (TPSA) is 29.9 Å². The van der Waals surface area contributed by atoms with Gasteiger partial charge >= 0.3 is 0 Å². The van der Waals surface area contributed by atoms with Gasteiger partial charge in [0, 0.05) is 19.5 Å². The minimum Gasteiger partial charge on any atom is -0.313 e. The second-order valence-corrected chi connectivity index (χ2v) is 5.57. The Bertz CT molecular complexity index is 578. The number of halogens is 2. The third-order valence-electron chi connectivity index (χ3n) is 3.52. The van der Waals surface area contributed by atoms with Crippen molar-refractivity contribution in [2.24, 2.45) is 7.05 Å². The number of benzene rings is 1. The van der Waals surface area contributed by atoms with E-state index in [0.29, 0.717) is 0 Å². The third kappa shape index (κ3) is 3.10. The van der Waals surface area contributed by atoms with Crippen LogP contribution in [-0.2, 0) is 19.9 Å². The number of nitrogens with one attached hydrogen (secondary N) is 1. The number of aromatic nitrogens is 2. The first kappa shape index (κ1) is 15.2. The van der Waals surface area contributed by atoms with E-state index in [2.05, 4.69) is 33.3 Å². The Balaban J connectivity index is 2.26. The monoisotopic (exact) mass is 339 g/mol. The van der Waals surface area contributed by atoms with Gasteiger partial charge in [-0.25, -0.2) is 4.39 Å². The highest BCUT2D eigenvalue weighted by Gasteiger charge is 2.18. The molecule has 0 saturated carbocycles. The summed E-state index contributed by atoms with van der Waals surface area (Å²) in [5.74, 6) is -0.210. The third-order valence-corrected chi connectivity index (χ3v) is 4.44. The van der Waals surface area contributed by atoms with E-state index in [-0.39, 0.29) is 11.9 Å². The summed E-state index contributed by atoms with van der Waals surface area (Å²) in [6.45, 7) is 2.09. The number of hydrogen-bond donors (Lipinski definition) is 1. The Hall–Kier alpha value is -1.20. The molecule has 1 heterocycles. The van der Waals surface area contributed by atoms with E-state index in [1.54, 1.807) is 0 Å². The van der Waals surface area contributed by atoms with Crippen molar-refractivity contribution in [2.75, 3.05) is 7.05 Å². The number of likely N-dealkylation sites (N-methyl/N-ethyl adjacent to an activating group) is 1. The molecule has 3 nitrogen and oxygen atoms in total. The van der Waals surface area contributed by atoms with Crippen LogP contribution in [0.5, 0.6) is 0 Å². The molecule has 108 valence electrons. The van der Waals surface area contributed by atoms with Gasteiger partial charge in [0.15, 0.2) is 0 Å². The molecule has 5 heteroatoms. The molecule has 0 fully saturated rings. The van der Waals surface area contributed by atoms with Crippen molar-refractivity contribution in [3.05, 3.63) is 51.5 Å². The number of nitrogens with zero attached hydrogens (tertiary/aromatic N) is 2. The van der Waals surface area contributed by atoms with E-state index < -0.39 is 0 Å². The van der Waals surface area contributed by atoms with Crippen LogP contribution >= 0.6 is 15.9 Å². The van der Waals surface area contributed by atoms with Crippen LogP contribution in [0.3, 0.4) is 0 Å². The van der Waals surface area contributed by atoms with E-state index >= 15 is 0 Å². The molecule has 0 aliphatic carbocycles. The first-order valence-corrected chi connectivity index (χ1v) is 7.49. The molecule has 0 spiro atoms. The molecule has 1 atom stereocenters. The Kier molecular flexibility index (Phi) is 4.94. The van der Waals surface area contributed by atoms with Crippen LogP contribution in [0, 0.1) is 5.82 Å². The van der Waals surface area contributed by atoms with Crippen molar-refractivity contribution in [3.8, 4) is 0 Å². The fourth-order valence-electron chi connectivity index (χ4n) is 2.32. The molecule has 0 radical (unpaired) electrons. The zero-order chi connectivity index (χ0) is 14.7. The van der Waals surface area contributed by atoms with Crippen LogP contribution in [0.25, 0.3) is 0 Å². The van der Waals surface area contributed by atoms with Gasteiger partial charge in [0.2, 0.25) is 0 Å². The van der Waals surface area contributed by atoms with Gasteiger partial charge in [-0.1, -0.05) is 19.1 Å². The molecule has 1 aromatic heterocycles. The smallest absolute Gasteiger partial charge is 0.123 e. The summed E-state index contributed by atoms with van der Waals surface area (Å²) in [7, 11) is 3.87. The fraction of sp³-hybridized carbons (Fsp3) is 0.400. The maximum atomic E-state index is 13.0. The summed E-state index contributed by atoms with van der Waals surface area (Å²) in [4.78, 5) is 0. The normalized spacial score (nSPS) is 12.7. The SMILES string of the molecule is CCc1nn(C)c(CC(NC)c2ccc(F)cc2)c1Br. The molecular formula is C15H19BrFN3. The molecule has 2 rings (SSSR count). The molecule has 1 aromatic carbocycles. The van der Waals surface area contributed by atoms with Crippen LogP contribution in [0.1, 0.15) is 29.9 Å². The maximum absolute atomic E-state index is 13.0.